The quantitative estimate of drug-likeness (QED) is 0.746. The SMILES string of the molecule is CNCC(C)S(=O)(=O)NC1CCC(SC)C1. The summed E-state index contributed by atoms with van der Waals surface area (Å²) >= 11 is 1.83. The molecule has 1 aliphatic rings. The lowest BCUT2D eigenvalue weighted by Gasteiger charge is -2.17. The normalized spacial score (nSPS) is 28.2. The van der Waals surface area contributed by atoms with Gasteiger partial charge in [-0.3, -0.25) is 0 Å². The van der Waals surface area contributed by atoms with Crippen LogP contribution in [0.2, 0.25) is 0 Å². The van der Waals surface area contributed by atoms with Crippen LogP contribution in [0, 0.1) is 0 Å². The Bertz CT molecular complexity index is 306. The molecule has 0 aliphatic heterocycles. The molecule has 1 fully saturated rings. The molecule has 6 heteroatoms. The lowest BCUT2D eigenvalue weighted by molar-refractivity contribution is 0.537. The summed E-state index contributed by atoms with van der Waals surface area (Å²) in [5.74, 6) is 0. The fraction of sp³-hybridized carbons (Fsp3) is 1.00. The van der Waals surface area contributed by atoms with Gasteiger partial charge in [0.25, 0.3) is 0 Å². The Balaban J connectivity index is 2.47. The molecule has 0 amide bonds. The van der Waals surface area contributed by atoms with E-state index in [1.807, 2.05) is 11.8 Å². The van der Waals surface area contributed by atoms with Gasteiger partial charge in [-0.2, -0.15) is 11.8 Å². The Morgan fingerprint density at radius 1 is 1.44 bits per heavy atom. The highest BCUT2D eigenvalue weighted by molar-refractivity contribution is 7.99. The first-order chi connectivity index (χ1) is 7.49. The Kier molecular flexibility index (Phi) is 5.56. The highest BCUT2D eigenvalue weighted by Gasteiger charge is 2.29. The minimum atomic E-state index is -3.16. The fourth-order valence-electron chi connectivity index (χ4n) is 2.01. The van der Waals surface area contributed by atoms with Gasteiger partial charge in [0.15, 0.2) is 0 Å². The zero-order valence-corrected chi connectivity index (χ0v) is 11.8. The Morgan fingerprint density at radius 3 is 2.62 bits per heavy atom. The molecule has 3 atom stereocenters. The first-order valence-corrected chi connectivity index (χ1v) is 8.51. The van der Waals surface area contributed by atoms with Gasteiger partial charge in [0.2, 0.25) is 10.0 Å². The molecule has 1 aliphatic carbocycles. The molecule has 3 unspecified atom stereocenters. The van der Waals surface area contributed by atoms with E-state index >= 15 is 0 Å². The van der Waals surface area contributed by atoms with Crippen LogP contribution in [-0.2, 0) is 10.0 Å². The van der Waals surface area contributed by atoms with Crippen molar-refractivity contribution in [2.24, 2.45) is 0 Å². The summed E-state index contributed by atoms with van der Waals surface area (Å²) in [5, 5.41) is 3.14. The van der Waals surface area contributed by atoms with Crippen LogP contribution in [0.1, 0.15) is 26.2 Å². The van der Waals surface area contributed by atoms with Gasteiger partial charge in [-0.15, -0.1) is 0 Å². The van der Waals surface area contributed by atoms with E-state index in [2.05, 4.69) is 16.3 Å². The average molecular weight is 266 g/mol. The van der Waals surface area contributed by atoms with Crippen LogP contribution in [0.15, 0.2) is 0 Å². The third kappa shape index (κ3) is 3.91. The molecule has 0 saturated heterocycles. The molecule has 0 aromatic carbocycles. The molecule has 0 aromatic rings. The Labute approximate surface area is 103 Å². The van der Waals surface area contributed by atoms with Crippen LogP contribution in [0.4, 0.5) is 0 Å². The Hall–Kier alpha value is 0.220. The summed E-state index contributed by atoms with van der Waals surface area (Å²) in [6.07, 6.45) is 5.14. The second-order valence-electron chi connectivity index (χ2n) is 4.40. The van der Waals surface area contributed by atoms with E-state index < -0.39 is 10.0 Å². The average Bonchev–Trinajstić information content (AvgIpc) is 2.65. The summed E-state index contributed by atoms with van der Waals surface area (Å²) in [5.41, 5.74) is 0. The molecule has 96 valence electrons. The number of hydrogen-bond donors (Lipinski definition) is 2. The van der Waals surface area contributed by atoms with Gasteiger partial charge in [0.05, 0.1) is 5.25 Å². The minimum absolute atomic E-state index is 0.141. The zero-order valence-electron chi connectivity index (χ0n) is 10.2. The van der Waals surface area contributed by atoms with Crippen LogP contribution in [0.3, 0.4) is 0 Å². The van der Waals surface area contributed by atoms with Gasteiger partial charge in [-0.1, -0.05) is 0 Å². The molecule has 0 aromatic heterocycles. The van der Waals surface area contributed by atoms with Crippen molar-refractivity contribution in [3.8, 4) is 0 Å². The molecule has 1 saturated carbocycles. The van der Waals surface area contributed by atoms with E-state index in [0.717, 1.165) is 19.3 Å². The molecule has 2 N–H and O–H groups in total. The third-order valence-electron chi connectivity index (χ3n) is 3.07. The van der Waals surface area contributed by atoms with Crippen molar-refractivity contribution in [1.29, 1.82) is 0 Å². The van der Waals surface area contributed by atoms with E-state index in [0.29, 0.717) is 11.8 Å². The molecule has 0 spiro atoms. The highest BCUT2D eigenvalue weighted by Crippen LogP contribution is 2.28. The number of nitrogens with one attached hydrogen (secondary N) is 2. The maximum absolute atomic E-state index is 11.9. The number of hydrogen-bond acceptors (Lipinski definition) is 4. The van der Waals surface area contributed by atoms with Crippen molar-refractivity contribution in [2.75, 3.05) is 19.8 Å². The molecule has 1 rings (SSSR count). The van der Waals surface area contributed by atoms with Gasteiger partial charge in [0.1, 0.15) is 0 Å². The van der Waals surface area contributed by atoms with Crippen molar-refractivity contribution in [3.05, 3.63) is 0 Å². The summed E-state index contributed by atoms with van der Waals surface area (Å²) < 4.78 is 26.7. The summed E-state index contributed by atoms with van der Waals surface area (Å²) in [6.45, 7) is 2.23. The molecule has 0 bridgehead atoms. The largest absolute Gasteiger partial charge is 0.318 e. The second-order valence-corrected chi connectivity index (χ2v) is 7.67. The van der Waals surface area contributed by atoms with Gasteiger partial charge >= 0.3 is 0 Å². The second kappa shape index (κ2) is 6.23. The first-order valence-electron chi connectivity index (χ1n) is 5.68. The highest BCUT2D eigenvalue weighted by atomic mass is 32.2. The lowest BCUT2D eigenvalue weighted by Crippen LogP contribution is -2.42. The fourth-order valence-corrected chi connectivity index (χ4v) is 4.10. The van der Waals surface area contributed by atoms with Crippen molar-refractivity contribution >= 4 is 21.8 Å². The molecule has 4 nitrogen and oxygen atoms in total. The van der Waals surface area contributed by atoms with E-state index in [9.17, 15) is 8.42 Å². The van der Waals surface area contributed by atoms with Gasteiger partial charge < -0.3 is 5.32 Å². The van der Waals surface area contributed by atoms with Crippen LogP contribution in [0.5, 0.6) is 0 Å². The van der Waals surface area contributed by atoms with E-state index in [4.69, 9.17) is 0 Å². The smallest absolute Gasteiger partial charge is 0.215 e. The topological polar surface area (TPSA) is 58.2 Å². The van der Waals surface area contributed by atoms with Crippen LogP contribution < -0.4 is 10.0 Å². The predicted molar refractivity (Wildman–Crippen MR) is 70.4 cm³/mol. The number of thioether (sulfide) groups is 1. The molecular weight excluding hydrogens is 244 g/mol. The maximum atomic E-state index is 11.9. The summed E-state index contributed by atoms with van der Waals surface area (Å²) in [7, 11) is -1.39. The summed E-state index contributed by atoms with van der Waals surface area (Å²) in [4.78, 5) is 0. The first kappa shape index (κ1) is 14.3. The van der Waals surface area contributed by atoms with Crippen LogP contribution >= 0.6 is 11.8 Å². The van der Waals surface area contributed by atoms with Crippen LogP contribution in [0.25, 0.3) is 0 Å². The van der Waals surface area contributed by atoms with E-state index in [1.165, 1.54) is 0 Å². The standard InChI is InChI=1S/C10H22N2O2S2/c1-8(7-11-2)16(13,14)12-9-4-5-10(6-9)15-3/h8-12H,4-7H2,1-3H3. The van der Waals surface area contributed by atoms with Gasteiger partial charge in [0, 0.05) is 17.8 Å². The molecule has 0 radical (unpaired) electrons. The molecule has 0 heterocycles. The number of rotatable bonds is 6. The zero-order chi connectivity index (χ0) is 12.2. The minimum Gasteiger partial charge on any atom is -0.318 e. The van der Waals surface area contributed by atoms with Crippen molar-refractivity contribution in [1.82, 2.24) is 10.0 Å². The molecule has 16 heavy (non-hydrogen) atoms. The van der Waals surface area contributed by atoms with Gasteiger partial charge in [-0.05, 0) is 39.5 Å². The summed E-state index contributed by atoms with van der Waals surface area (Å²) in [6, 6.07) is 0.141. The van der Waals surface area contributed by atoms with Gasteiger partial charge in [-0.25, -0.2) is 13.1 Å². The predicted octanol–water partition coefficient (Wildman–Crippen LogP) is 0.798. The Morgan fingerprint density at radius 2 is 2.12 bits per heavy atom. The van der Waals surface area contributed by atoms with Crippen molar-refractivity contribution in [3.63, 3.8) is 0 Å². The van der Waals surface area contributed by atoms with Crippen molar-refractivity contribution in [2.45, 2.75) is 42.7 Å². The maximum Gasteiger partial charge on any atom is 0.215 e. The molecular formula is C10H22N2O2S2. The lowest BCUT2D eigenvalue weighted by atomic mass is 10.3. The number of sulfonamides is 1. The van der Waals surface area contributed by atoms with Crippen molar-refractivity contribution < 1.29 is 8.42 Å². The monoisotopic (exact) mass is 266 g/mol. The van der Waals surface area contributed by atoms with E-state index in [1.54, 1.807) is 14.0 Å². The third-order valence-corrected chi connectivity index (χ3v) is 6.05. The van der Waals surface area contributed by atoms with Crippen LogP contribution in [-0.4, -0.2) is 44.8 Å². The van der Waals surface area contributed by atoms with E-state index in [-0.39, 0.29) is 11.3 Å².